The lowest BCUT2D eigenvalue weighted by Gasteiger charge is -2.07. The third-order valence-corrected chi connectivity index (χ3v) is 2.62. The van der Waals surface area contributed by atoms with Crippen molar-refractivity contribution in [1.29, 1.82) is 0 Å². The van der Waals surface area contributed by atoms with Gasteiger partial charge in [0, 0.05) is 0 Å². The molecule has 0 amide bonds. The number of halogens is 3. The van der Waals surface area contributed by atoms with Gasteiger partial charge in [-0.1, -0.05) is 42.5 Å². The molecule has 3 nitrogen and oxygen atoms in total. The number of rotatable bonds is 2. The zero-order valence-corrected chi connectivity index (χ0v) is 10.6. The lowest BCUT2D eigenvalue weighted by Crippen LogP contribution is -2.28. The van der Waals surface area contributed by atoms with Crippen molar-refractivity contribution in [2.75, 3.05) is 0 Å². The van der Waals surface area contributed by atoms with Gasteiger partial charge >= 0.3 is 18.1 Å². The summed E-state index contributed by atoms with van der Waals surface area (Å²) in [6.45, 7) is 0. The summed E-state index contributed by atoms with van der Waals surface area (Å²) in [5.74, 6) is -3.87. The van der Waals surface area contributed by atoms with Gasteiger partial charge in [-0.15, -0.1) is 0 Å². The maximum Gasteiger partial charge on any atom is 0.491 e. The molecule has 0 aromatic heterocycles. The summed E-state index contributed by atoms with van der Waals surface area (Å²) in [4.78, 5) is 22.2. The first kappa shape index (κ1) is 14.8. The molecule has 6 heteroatoms. The van der Waals surface area contributed by atoms with Crippen LogP contribution in [0.4, 0.5) is 13.2 Å². The summed E-state index contributed by atoms with van der Waals surface area (Å²) in [5.41, 5.74) is 1.28. The van der Waals surface area contributed by atoms with E-state index in [1.165, 1.54) is 18.2 Å². The molecule has 0 atom stereocenters. The number of carbonyl (C=O) groups excluding carboxylic acids is 2. The van der Waals surface area contributed by atoms with Gasteiger partial charge in [0.1, 0.15) is 0 Å². The quantitative estimate of drug-likeness (QED) is 0.628. The minimum atomic E-state index is -5.20. The first-order valence-corrected chi connectivity index (χ1v) is 5.87. The van der Waals surface area contributed by atoms with Gasteiger partial charge in [-0.3, -0.25) is 0 Å². The highest BCUT2D eigenvalue weighted by atomic mass is 19.4. The van der Waals surface area contributed by atoms with Crippen molar-refractivity contribution in [3.63, 3.8) is 0 Å². The predicted octanol–water partition coefficient (Wildman–Crippen LogP) is 3.60. The molecule has 2 rings (SSSR count). The van der Waals surface area contributed by atoms with Crippen LogP contribution >= 0.6 is 0 Å². The van der Waals surface area contributed by atoms with Gasteiger partial charge in [-0.25, -0.2) is 9.59 Å². The van der Waals surface area contributed by atoms with Crippen molar-refractivity contribution in [3.8, 4) is 11.1 Å². The molecule has 2 aromatic carbocycles. The number of carbonyl (C=O) groups is 2. The standard InChI is InChI=1S/C15H9F3O3/c16-15(17,18)14(20)21-13(19)12-8-4-7-11(9-12)10-5-2-1-3-6-10/h1-9H. The fraction of sp³-hybridized carbons (Fsp3) is 0.0667. The fourth-order valence-electron chi connectivity index (χ4n) is 1.66. The van der Waals surface area contributed by atoms with Crippen LogP contribution in [-0.4, -0.2) is 18.1 Å². The zero-order chi connectivity index (χ0) is 15.5. The van der Waals surface area contributed by atoms with Crippen LogP contribution in [0.1, 0.15) is 10.4 Å². The number of hydrogen-bond donors (Lipinski definition) is 0. The monoisotopic (exact) mass is 294 g/mol. The number of esters is 2. The van der Waals surface area contributed by atoms with E-state index in [4.69, 9.17) is 0 Å². The van der Waals surface area contributed by atoms with Crippen LogP contribution in [0.5, 0.6) is 0 Å². The number of hydrogen-bond acceptors (Lipinski definition) is 3. The molecule has 2 aromatic rings. The average Bonchev–Trinajstić information content (AvgIpc) is 2.47. The lowest BCUT2D eigenvalue weighted by molar-refractivity contribution is -0.193. The largest absolute Gasteiger partial charge is 0.491 e. The van der Waals surface area contributed by atoms with Crippen LogP contribution < -0.4 is 0 Å². The lowest BCUT2D eigenvalue weighted by atomic mass is 10.0. The molecule has 0 aliphatic rings. The van der Waals surface area contributed by atoms with Crippen molar-refractivity contribution in [2.24, 2.45) is 0 Å². The van der Waals surface area contributed by atoms with Crippen LogP contribution in [0.15, 0.2) is 54.6 Å². The Kier molecular flexibility index (Phi) is 4.07. The molecule has 21 heavy (non-hydrogen) atoms. The number of ether oxygens (including phenoxy) is 1. The minimum absolute atomic E-state index is 0.131. The maximum atomic E-state index is 12.0. The third-order valence-electron chi connectivity index (χ3n) is 2.62. The molecular formula is C15H9F3O3. The molecule has 0 saturated heterocycles. The fourth-order valence-corrected chi connectivity index (χ4v) is 1.66. The van der Waals surface area contributed by atoms with E-state index in [-0.39, 0.29) is 5.56 Å². The number of alkyl halides is 3. The summed E-state index contributed by atoms with van der Waals surface area (Å²) in [6.07, 6.45) is -5.20. The Hall–Kier alpha value is -2.63. The van der Waals surface area contributed by atoms with Gasteiger partial charge in [0.25, 0.3) is 0 Å². The Labute approximate surface area is 118 Å². The highest BCUT2D eigenvalue weighted by molar-refractivity contribution is 5.98. The van der Waals surface area contributed by atoms with Crippen molar-refractivity contribution in [1.82, 2.24) is 0 Å². The highest BCUT2D eigenvalue weighted by Crippen LogP contribution is 2.22. The molecule has 0 spiro atoms. The van der Waals surface area contributed by atoms with Crippen molar-refractivity contribution >= 4 is 11.9 Å². The van der Waals surface area contributed by atoms with E-state index in [2.05, 4.69) is 4.74 Å². The summed E-state index contributed by atoms with van der Waals surface area (Å²) >= 11 is 0. The van der Waals surface area contributed by atoms with Gasteiger partial charge in [-0.05, 0) is 23.3 Å². The molecule has 0 bridgehead atoms. The van der Waals surface area contributed by atoms with E-state index in [0.717, 1.165) is 5.56 Å². The summed E-state index contributed by atoms with van der Waals surface area (Å²) in [6, 6.07) is 14.8. The number of benzene rings is 2. The minimum Gasteiger partial charge on any atom is -0.383 e. The van der Waals surface area contributed by atoms with Crippen LogP contribution in [0.2, 0.25) is 0 Å². The molecule has 0 heterocycles. The maximum absolute atomic E-state index is 12.0. The van der Waals surface area contributed by atoms with Crippen molar-refractivity contribution < 1.29 is 27.5 Å². The Morgan fingerprint density at radius 3 is 2.10 bits per heavy atom. The van der Waals surface area contributed by atoms with Gasteiger partial charge in [0.2, 0.25) is 0 Å². The van der Waals surface area contributed by atoms with E-state index in [1.54, 1.807) is 30.3 Å². The van der Waals surface area contributed by atoms with Gasteiger partial charge in [0.05, 0.1) is 5.56 Å². The van der Waals surface area contributed by atoms with E-state index in [9.17, 15) is 22.8 Å². The summed E-state index contributed by atoms with van der Waals surface area (Å²) in [5, 5.41) is 0. The molecule has 0 aliphatic carbocycles. The van der Waals surface area contributed by atoms with Gasteiger partial charge in [0.15, 0.2) is 0 Å². The van der Waals surface area contributed by atoms with Crippen LogP contribution in [0, 0.1) is 0 Å². The molecule has 0 unspecified atom stereocenters. The van der Waals surface area contributed by atoms with E-state index in [0.29, 0.717) is 5.56 Å². The SMILES string of the molecule is O=C(OC(=O)C(F)(F)F)c1cccc(-c2ccccc2)c1. The smallest absolute Gasteiger partial charge is 0.383 e. The van der Waals surface area contributed by atoms with Crippen LogP contribution in [0.25, 0.3) is 11.1 Å². The normalized spacial score (nSPS) is 11.0. The van der Waals surface area contributed by atoms with E-state index < -0.39 is 18.1 Å². The first-order valence-electron chi connectivity index (χ1n) is 5.87. The third kappa shape index (κ3) is 3.68. The van der Waals surface area contributed by atoms with Crippen LogP contribution in [0.3, 0.4) is 0 Å². The molecule has 0 radical (unpaired) electrons. The second-order valence-corrected chi connectivity index (χ2v) is 4.12. The predicted molar refractivity (Wildman–Crippen MR) is 68.4 cm³/mol. The van der Waals surface area contributed by atoms with Gasteiger partial charge < -0.3 is 4.74 Å². The Morgan fingerprint density at radius 2 is 1.48 bits per heavy atom. The first-order chi connectivity index (χ1) is 9.88. The van der Waals surface area contributed by atoms with E-state index >= 15 is 0 Å². The van der Waals surface area contributed by atoms with Crippen molar-refractivity contribution in [3.05, 3.63) is 60.2 Å². The van der Waals surface area contributed by atoms with Crippen LogP contribution in [-0.2, 0) is 9.53 Å². The second-order valence-electron chi connectivity index (χ2n) is 4.12. The molecule has 0 fully saturated rings. The zero-order valence-electron chi connectivity index (χ0n) is 10.6. The molecule has 0 saturated carbocycles. The average molecular weight is 294 g/mol. The second kappa shape index (κ2) is 5.78. The summed E-state index contributed by atoms with van der Waals surface area (Å²) < 4.78 is 39.9. The molecule has 0 N–H and O–H groups in total. The Bertz CT molecular complexity index is 663. The Morgan fingerprint density at radius 1 is 0.857 bits per heavy atom. The topological polar surface area (TPSA) is 43.4 Å². The van der Waals surface area contributed by atoms with Crippen molar-refractivity contribution in [2.45, 2.75) is 6.18 Å². The Balaban J connectivity index is 2.22. The van der Waals surface area contributed by atoms with Gasteiger partial charge in [-0.2, -0.15) is 13.2 Å². The summed E-state index contributed by atoms with van der Waals surface area (Å²) in [7, 11) is 0. The molecular weight excluding hydrogens is 285 g/mol. The van der Waals surface area contributed by atoms with E-state index in [1.807, 2.05) is 6.07 Å². The highest BCUT2D eigenvalue weighted by Gasteiger charge is 2.42. The molecule has 108 valence electrons. The molecule has 0 aliphatic heterocycles.